The number of hydrogen-bond acceptors (Lipinski definition) is 7. The van der Waals surface area contributed by atoms with Crippen molar-refractivity contribution < 1.29 is 17.9 Å². The Hall–Kier alpha value is -2.36. The van der Waals surface area contributed by atoms with Crippen molar-refractivity contribution in [1.29, 1.82) is 0 Å². The van der Waals surface area contributed by atoms with E-state index in [0.717, 1.165) is 5.56 Å². The van der Waals surface area contributed by atoms with E-state index in [4.69, 9.17) is 21.1 Å². The second-order valence-electron chi connectivity index (χ2n) is 5.57. The molecule has 2 heterocycles. The molecular weight excluding hydrogens is 392 g/mol. The van der Waals surface area contributed by atoms with Gasteiger partial charge in [0.25, 0.3) is 0 Å². The lowest BCUT2D eigenvalue weighted by atomic mass is 10.2. The van der Waals surface area contributed by atoms with E-state index in [1.165, 1.54) is 16.6 Å². The first-order chi connectivity index (χ1) is 13.0. The summed E-state index contributed by atoms with van der Waals surface area (Å²) in [4.78, 5) is 4.24. The third kappa shape index (κ3) is 4.15. The number of pyridine rings is 1. The fraction of sp³-hybridized carbons (Fsp3) is 0.294. The van der Waals surface area contributed by atoms with Gasteiger partial charge in [0, 0.05) is 19.3 Å². The topological polar surface area (TPSA) is 93.1 Å². The molecule has 3 rings (SSSR count). The Kier molecular flexibility index (Phi) is 5.83. The third-order valence-corrected chi connectivity index (χ3v) is 6.24. The summed E-state index contributed by atoms with van der Waals surface area (Å²) in [6.07, 6.45) is 2.86. The molecule has 0 fully saturated rings. The molecule has 1 aromatic heterocycles. The molecule has 0 unspecified atom stereocenters. The van der Waals surface area contributed by atoms with E-state index in [0.29, 0.717) is 35.4 Å². The van der Waals surface area contributed by atoms with Gasteiger partial charge in [0.15, 0.2) is 11.5 Å². The highest BCUT2D eigenvalue weighted by Gasteiger charge is 2.21. The molecule has 0 bridgehead atoms. The van der Waals surface area contributed by atoms with Gasteiger partial charge in [-0.25, -0.2) is 13.4 Å². The van der Waals surface area contributed by atoms with E-state index in [9.17, 15) is 8.42 Å². The van der Waals surface area contributed by atoms with Crippen LogP contribution in [0, 0.1) is 0 Å². The summed E-state index contributed by atoms with van der Waals surface area (Å²) in [6.45, 7) is 4.53. The lowest BCUT2D eigenvalue weighted by molar-refractivity contribution is 0.174. The number of benzene rings is 1. The van der Waals surface area contributed by atoms with Gasteiger partial charge < -0.3 is 9.47 Å². The van der Waals surface area contributed by atoms with Crippen LogP contribution in [0.5, 0.6) is 11.5 Å². The summed E-state index contributed by atoms with van der Waals surface area (Å²) >= 11 is 6.12. The van der Waals surface area contributed by atoms with E-state index >= 15 is 0 Å². The predicted molar refractivity (Wildman–Crippen MR) is 103 cm³/mol. The standard InChI is InChI=1S/C17H19ClN4O4S/c1-3-22(4-2)27(23,24)13-5-6-16(19-10-13)21-20-9-12-7-14(18)17-15(8-12)25-11-26-17/h5-10H,3-4,11H2,1-2H3,(H,19,21)/b20-9-. The molecule has 0 amide bonds. The number of anilines is 1. The fourth-order valence-electron chi connectivity index (χ4n) is 2.55. The van der Waals surface area contributed by atoms with Crippen LogP contribution in [0.2, 0.25) is 5.02 Å². The number of aromatic nitrogens is 1. The first-order valence-electron chi connectivity index (χ1n) is 8.30. The van der Waals surface area contributed by atoms with Crippen LogP contribution in [0.1, 0.15) is 19.4 Å². The number of nitrogens with zero attached hydrogens (tertiary/aromatic N) is 3. The molecular formula is C17H19ClN4O4S. The molecule has 27 heavy (non-hydrogen) atoms. The molecule has 144 valence electrons. The number of halogens is 1. The first kappa shape index (κ1) is 19.4. The van der Waals surface area contributed by atoms with E-state index in [2.05, 4.69) is 15.5 Å². The Morgan fingerprint density at radius 2 is 2.07 bits per heavy atom. The van der Waals surface area contributed by atoms with Crippen molar-refractivity contribution in [1.82, 2.24) is 9.29 Å². The molecule has 8 nitrogen and oxygen atoms in total. The Bertz CT molecular complexity index is 944. The molecule has 0 radical (unpaired) electrons. The molecule has 2 aromatic rings. The van der Waals surface area contributed by atoms with Crippen LogP contribution in [0.15, 0.2) is 40.5 Å². The van der Waals surface area contributed by atoms with Crippen molar-refractivity contribution in [3.05, 3.63) is 41.0 Å². The average molecular weight is 411 g/mol. The minimum atomic E-state index is -3.53. The normalized spacial score (nSPS) is 13.5. The Labute approximate surface area is 162 Å². The maximum Gasteiger partial charge on any atom is 0.244 e. The molecule has 10 heteroatoms. The van der Waals surface area contributed by atoms with Crippen molar-refractivity contribution in [2.75, 3.05) is 25.3 Å². The summed E-state index contributed by atoms with van der Waals surface area (Å²) < 4.78 is 36.8. The highest BCUT2D eigenvalue weighted by Crippen LogP contribution is 2.39. The summed E-state index contributed by atoms with van der Waals surface area (Å²) in [5.74, 6) is 1.50. The number of hydrazone groups is 1. The van der Waals surface area contributed by atoms with Crippen molar-refractivity contribution in [2.45, 2.75) is 18.7 Å². The predicted octanol–water partition coefficient (Wildman–Crippen LogP) is 2.94. The second-order valence-corrected chi connectivity index (χ2v) is 7.92. The zero-order chi connectivity index (χ0) is 19.4. The number of rotatable bonds is 7. The molecule has 0 aliphatic carbocycles. The SMILES string of the molecule is CCN(CC)S(=O)(=O)c1ccc(N/N=C\c2cc(Cl)c3c(c2)OCO3)nc1. The minimum Gasteiger partial charge on any atom is -0.454 e. The molecule has 0 saturated heterocycles. The third-order valence-electron chi connectivity index (χ3n) is 3.92. The smallest absolute Gasteiger partial charge is 0.244 e. The lowest BCUT2D eigenvalue weighted by Crippen LogP contribution is -2.30. The van der Waals surface area contributed by atoms with Crippen molar-refractivity contribution in [2.24, 2.45) is 5.10 Å². The van der Waals surface area contributed by atoms with Gasteiger partial charge in [0.1, 0.15) is 10.7 Å². The van der Waals surface area contributed by atoms with E-state index in [1.807, 2.05) is 0 Å². The van der Waals surface area contributed by atoms with Crippen LogP contribution in [0.25, 0.3) is 0 Å². The largest absolute Gasteiger partial charge is 0.454 e. The van der Waals surface area contributed by atoms with E-state index in [1.54, 1.807) is 38.3 Å². The molecule has 1 aromatic carbocycles. The highest BCUT2D eigenvalue weighted by molar-refractivity contribution is 7.89. The number of ether oxygens (including phenoxy) is 2. The summed E-state index contributed by atoms with van der Waals surface area (Å²) in [6, 6.07) is 6.51. The highest BCUT2D eigenvalue weighted by atomic mass is 35.5. The van der Waals surface area contributed by atoms with Gasteiger partial charge in [-0.3, -0.25) is 5.43 Å². The maximum atomic E-state index is 12.4. The van der Waals surface area contributed by atoms with Crippen LogP contribution < -0.4 is 14.9 Å². The molecule has 0 spiro atoms. The van der Waals surface area contributed by atoms with Crippen LogP contribution in [-0.4, -0.2) is 43.8 Å². The summed E-state index contributed by atoms with van der Waals surface area (Å²) in [5.41, 5.74) is 3.47. The Balaban J connectivity index is 1.69. The van der Waals surface area contributed by atoms with Crippen LogP contribution in [-0.2, 0) is 10.0 Å². The molecule has 0 atom stereocenters. The van der Waals surface area contributed by atoms with E-state index in [-0.39, 0.29) is 11.7 Å². The van der Waals surface area contributed by atoms with Crippen LogP contribution in [0.4, 0.5) is 5.82 Å². The zero-order valence-electron chi connectivity index (χ0n) is 14.8. The Morgan fingerprint density at radius 1 is 1.30 bits per heavy atom. The number of sulfonamides is 1. The second kappa shape index (κ2) is 8.12. The first-order valence-corrected chi connectivity index (χ1v) is 10.1. The fourth-order valence-corrected chi connectivity index (χ4v) is 4.22. The van der Waals surface area contributed by atoms with Crippen molar-refractivity contribution >= 4 is 33.7 Å². The Morgan fingerprint density at radius 3 is 2.74 bits per heavy atom. The number of nitrogens with one attached hydrogen (secondary N) is 1. The summed E-state index contributed by atoms with van der Waals surface area (Å²) in [5, 5.41) is 4.53. The molecule has 1 N–H and O–H groups in total. The van der Waals surface area contributed by atoms with Gasteiger partial charge in [0.2, 0.25) is 16.8 Å². The van der Waals surface area contributed by atoms with Crippen molar-refractivity contribution in [3.8, 4) is 11.5 Å². The van der Waals surface area contributed by atoms with Gasteiger partial charge in [-0.1, -0.05) is 25.4 Å². The maximum absolute atomic E-state index is 12.4. The van der Waals surface area contributed by atoms with E-state index < -0.39 is 10.0 Å². The molecule has 1 aliphatic rings. The van der Waals surface area contributed by atoms with Gasteiger partial charge in [-0.15, -0.1) is 0 Å². The summed E-state index contributed by atoms with van der Waals surface area (Å²) in [7, 11) is -3.53. The monoisotopic (exact) mass is 410 g/mol. The minimum absolute atomic E-state index is 0.139. The average Bonchev–Trinajstić information content (AvgIpc) is 3.12. The van der Waals surface area contributed by atoms with Crippen LogP contribution >= 0.6 is 11.6 Å². The van der Waals surface area contributed by atoms with Gasteiger partial charge in [0.05, 0.1) is 11.2 Å². The number of hydrogen-bond donors (Lipinski definition) is 1. The van der Waals surface area contributed by atoms with Crippen molar-refractivity contribution in [3.63, 3.8) is 0 Å². The zero-order valence-corrected chi connectivity index (χ0v) is 16.4. The molecule has 1 aliphatic heterocycles. The lowest BCUT2D eigenvalue weighted by Gasteiger charge is -2.18. The van der Waals surface area contributed by atoms with Gasteiger partial charge in [-0.05, 0) is 29.8 Å². The quantitative estimate of drug-likeness (QED) is 0.557. The van der Waals surface area contributed by atoms with Gasteiger partial charge in [-0.2, -0.15) is 9.41 Å². The van der Waals surface area contributed by atoms with Crippen LogP contribution in [0.3, 0.4) is 0 Å². The van der Waals surface area contributed by atoms with Gasteiger partial charge >= 0.3 is 0 Å². The molecule has 0 saturated carbocycles. The number of fused-ring (bicyclic) bond motifs is 1.